The third kappa shape index (κ3) is 3.79. The maximum Gasteiger partial charge on any atom is 0.337 e. The fourth-order valence-corrected chi connectivity index (χ4v) is 6.84. The molecule has 0 radical (unpaired) electrons. The Labute approximate surface area is 209 Å². The van der Waals surface area contributed by atoms with Crippen LogP contribution in [0.2, 0.25) is 5.02 Å². The highest BCUT2D eigenvalue weighted by molar-refractivity contribution is 6.34. The van der Waals surface area contributed by atoms with E-state index in [9.17, 15) is 9.59 Å². The first-order valence-electron chi connectivity index (χ1n) is 12.2. The lowest BCUT2D eigenvalue weighted by Gasteiger charge is -2.43. The molecule has 1 aliphatic heterocycles. The van der Waals surface area contributed by atoms with Crippen LogP contribution in [0.25, 0.3) is 0 Å². The molecule has 2 bridgehead atoms. The summed E-state index contributed by atoms with van der Waals surface area (Å²) < 4.78 is 4.79. The van der Waals surface area contributed by atoms with E-state index in [1.807, 2.05) is 12.1 Å². The van der Waals surface area contributed by atoms with E-state index in [2.05, 4.69) is 47.0 Å². The highest BCUT2D eigenvalue weighted by Crippen LogP contribution is 2.63. The standard InChI is InChI=1S/C29H27ClN2O3/c1-35-29(34)20-9-11-22(30)24(15-20)32-28(33)19-10-12-23-21(14-19)25-17-7-8-18(13-17)26(25)27(31-23)16-5-3-2-4-6-16/h2-6,9-12,14-15,17-18,25-27,31H,7-8,13H2,1H3,(H,32,33)/t17-,18-,25-,26-,27+/m0/s1. The van der Waals surface area contributed by atoms with Crippen LogP contribution in [0.4, 0.5) is 11.4 Å². The highest BCUT2D eigenvalue weighted by atomic mass is 35.5. The monoisotopic (exact) mass is 486 g/mol. The van der Waals surface area contributed by atoms with Gasteiger partial charge in [0.05, 0.1) is 29.4 Å². The number of benzene rings is 3. The molecule has 2 fully saturated rings. The highest BCUT2D eigenvalue weighted by Gasteiger charge is 2.53. The number of carbonyl (C=O) groups excluding carboxylic acids is 2. The fraction of sp³-hybridized carbons (Fsp3) is 0.310. The number of halogens is 1. The van der Waals surface area contributed by atoms with Crippen LogP contribution in [0.15, 0.2) is 66.7 Å². The van der Waals surface area contributed by atoms with Gasteiger partial charge in [0.1, 0.15) is 0 Å². The summed E-state index contributed by atoms with van der Waals surface area (Å²) in [6, 6.07) is 21.7. The Morgan fingerprint density at radius 3 is 2.54 bits per heavy atom. The first-order valence-corrected chi connectivity index (χ1v) is 12.6. The summed E-state index contributed by atoms with van der Waals surface area (Å²) in [5, 5.41) is 7.06. The number of ether oxygens (including phenoxy) is 1. The molecule has 1 heterocycles. The van der Waals surface area contributed by atoms with Gasteiger partial charge in [-0.05, 0) is 90.5 Å². The summed E-state index contributed by atoms with van der Waals surface area (Å²) >= 11 is 6.30. The van der Waals surface area contributed by atoms with E-state index in [1.54, 1.807) is 18.2 Å². The van der Waals surface area contributed by atoms with Gasteiger partial charge in [-0.25, -0.2) is 4.79 Å². The van der Waals surface area contributed by atoms with E-state index in [4.69, 9.17) is 16.3 Å². The maximum atomic E-state index is 13.2. The second-order valence-corrected chi connectivity index (χ2v) is 10.3. The van der Waals surface area contributed by atoms with Crippen LogP contribution in [-0.2, 0) is 4.74 Å². The summed E-state index contributed by atoms with van der Waals surface area (Å²) in [5.74, 6) is 1.64. The van der Waals surface area contributed by atoms with Gasteiger partial charge in [-0.15, -0.1) is 0 Å². The molecular weight excluding hydrogens is 460 g/mol. The molecule has 6 heteroatoms. The maximum absolute atomic E-state index is 13.2. The van der Waals surface area contributed by atoms with E-state index in [1.165, 1.54) is 37.5 Å². The average molecular weight is 487 g/mol. The average Bonchev–Trinajstić information content (AvgIpc) is 3.52. The number of methoxy groups -OCH3 is 1. The van der Waals surface area contributed by atoms with Crippen molar-refractivity contribution in [3.8, 4) is 0 Å². The normalized spacial score (nSPS) is 25.8. The lowest BCUT2D eigenvalue weighted by atomic mass is 9.68. The van der Waals surface area contributed by atoms with Crippen molar-refractivity contribution in [1.82, 2.24) is 0 Å². The predicted octanol–water partition coefficient (Wildman–Crippen LogP) is 6.68. The number of amides is 1. The molecule has 6 rings (SSSR count). The molecule has 0 saturated heterocycles. The third-order valence-corrected chi connectivity index (χ3v) is 8.47. The molecule has 5 atom stereocenters. The minimum absolute atomic E-state index is 0.249. The molecule has 3 aromatic rings. The van der Waals surface area contributed by atoms with Crippen LogP contribution in [0.3, 0.4) is 0 Å². The third-order valence-electron chi connectivity index (χ3n) is 8.14. The Morgan fingerprint density at radius 2 is 1.74 bits per heavy atom. The molecule has 0 spiro atoms. The lowest BCUT2D eigenvalue weighted by Crippen LogP contribution is -2.35. The summed E-state index contributed by atoms with van der Waals surface area (Å²) in [7, 11) is 1.32. The zero-order chi connectivity index (χ0) is 24.1. The van der Waals surface area contributed by atoms with Crippen molar-refractivity contribution in [1.29, 1.82) is 0 Å². The van der Waals surface area contributed by atoms with E-state index >= 15 is 0 Å². The van der Waals surface area contributed by atoms with E-state index in [0.29, 0.717) is 51.6 Å². The number of anilines is 2. The minimum atomic E-state index is -0.479. The van der Waals surface area contributed by atoms with Gasteiger partial charge in [-0.1, -0.05) is 41.9 Å². The largest absolute Gasteiger partial charge is 0.465 e. The molecule has 2 N–H and O–H groups in total. The molecule has 5 nitrogen and oxygen atoms in total. The number of esters is 1. The Balaban J connectivity index is 1.32. The second kappa shape index (κ2) is 8.72. The number of hydrogen-bond acceptors (Lipinski definition) is 4. The van der Waals surface area contributed by atoms with Crippen molar-refractivity contribution in [2.75, 3.05) is 17.7 Å². The Bertz CT molecular complexity index is 1310. The van der Waals surface area contributed by atoms with Crippen LogP contribution >= 0.6 is 11.6 Å². The second-order valence-electron chi connectivity index (χ2n) is 9.91. The summed E-state index contributed by atoms with van der Waals surface area (Å²) in [5.41, 5.74) is 5.01. The summed E-state index contributed by atoms with van der Waals surface area (Å²) in [6.07, 6.45) is 3.83. The van der Waals surface area contributed by atoms with Crippen molar-refractivity contribution in [2.24, 2.45) is 17.8 Å². The van der Waals surface area contributed by atoms with Gasteiger partial charge in [-0.3, -0.25) is 4.79 Å². The summed E-state index contributed by atoms with van der Waals surface area (Å²) in [4.78, 5) is 25.1. The number of fused-ring (bicyclic) bond motifs is 7. The van der Waals surface area contributed by atoms with E-state index < -0.39 is 5.97 Å². The molecule has 3 aliphatic rings. The van der Waals surface area contributed by atoms with Gasteiger partial charge < -0.3 is 15.4 Å². The molecular formula is C29H27ClN2O3. The van der Waals surface area contributed by atoms with Gasteiger partial charge in [0, 0.05) is 11.3 Å². The smallest absolute Gasteiger partial charge is 0.337 e. The molecule has 0 aromatic heterocycles. The molecule has 1 amide bonds. The first-order chi connectivity index (χ1) is 17.0. The molecule has 35 heavy (non-hydrogen) atoms. The molecule has 0 unspecified atom stereocenters. The Morgan fingerprint density at radius 1 is 0.971 bits per heavy atom. The Hall–Kier alpha value is -3.31. The van der Waals surface area contributed by atoms with Gasteiger partial charge in [-0.2, -0.15) is 0 Å². The van der Waals surface area contributed by atoms with Crippen molar-refractivity contribution in [2.45, 2.75) is 31.2 Å². The summed E-state index contributed by atoms with van der Waals surface area (Å²) in [6.45, 7) is 0. The van der Waals surface area contributed by atoms with Crippen molar-refractivity contribution in [3.05, 3.63) is 94.0 Å². The number of carbonyl (C=O) groups is 2. The molecule has 3 aromatic carbocycles. The zero-order valence-corrected chi connectivity index (χ0v) is 20.2. The van der Waals surface area contributed by atoms with Gasteiger partial charge in [0.2, 0.25) is 0 Å². The quantitative estimate of drug-likeness (QED) is 0.404. The van der Waals surface area contributed by atoms with Gasteiger partial charge in [0.15, 0.2) is 0 Å². The van der Waals surface area contributed by atoms with Crippen LogP contribution in [0.1, 0.15) is 63.1 Å². The van der Waals surface area contributed by atoms with Gasteiger partial charge >= 0.3 is 5.97 Å². The SMILES string of the molecule is COC(=O)c1ccc(Cl)c(NC(=O)c2ccc3c(c2)[C@@H]2[C@H]4CC[C@@H](C4)[C@@H]2[C@@H](c2ccccc2)N3)c1. The van der Waals surface area contributed by atoms with Crippen LogP contribution in [0, 0.1) is 17.8 Å². The number of hydrogen-bond donors (Lipinski definition) is 2. The fourth-order valence-electron chi connectivity index (χ4n) is 6.68. The number of nitrogens with one attached hydrogen (secondary N) is 2. The molecule has 2 aliphatic carbocycles. The minimum Gasteiger partial charge on any atom is -0.465 e. The molecule has 2 saturated carbocycles. The topological polar surface area (TPSA) is 67.4 Å². The predicted molar refractivity (Wildman–Crippen MR) is 137 cm³/mol. The number of rotatable bonds is 4. The van der Waals surface area contributed by atoms with Crippen LogP contribution in [-0.4, -0.2) is 19.0 Å². The zero-order valence-electron chi connectivity index (χ0n) is 19.5. The molecule has 178 valence electrons. The Kier molecular flexibility index (Phi) is 5.53. The van der Waals surface area contributed by atoms with Crippen molar-refractivity contribution in [3.63, 3.8) is 0 Å². The van der Waals surface area contributed by atoms with Crippen molar-refractivity contribution < 1.29 is 14.3 Å². The van der Waals surface area contributed by atoms with E-state index in [-0.39, 0.29) is 5.91 Å². The lowest BCUT2D eigenvalue weighted by molar-refractivity contribution is 0.0600. The van der Waals surface area contributed by atoms with Crippen LogP contribution < -0.4 is 10.6 Å². The van der Waals surface area contributed by atoms with Crippen LogP contribution in [0.5, 0.6) is 0 Å². The van der Waals surface area contributed by atoms with Crippen molar-refractivity contribution >= 4 is 34.9 Å². The van der Waals surface area contributed by atoms with Gasteiger partial charge in [0.25, 0.3) is 5.91 Å². The first kappa shape index (κ1) is 22.2. The van der Waals surface area contributed by atoms with E-state index in [0.717, 1.165) is 5.69 Å².